The molecule has 3 N–H and O–H groups in total. The third-order valence-corrected chi connectivity index (χ3v) is 3.70. The Bertz CT molecular complexity index is 644. The summed E-state index contributed by atoms with van der Waals surface area (Å²) in [6.45, 7) is 0. The minimum atomic E-state index is -1.76. The minimum absolute atomic E-state index is 0.506. The van der Waals surface area contributed by atoms with Crippen LogP contribution in [0, 0.1) is 0 Å². The summed E-state index contributed by atoms with van der Waals surface area (Å²) in [5.74, 6) is 0. The van der Waals surface area contributed by atoms with E-state index in [9.17, 15) is 4.79 Å². The van der Waals surface area contributed by atoms with E-state index in [1.54, 1.807) is 48.5 Å². The van der Waals surface area contributed by atoms with E-state index in [1.165, 1.54) is 0 Å². The zero-order chi connectivity index (χ0) is 16.9. The van der Waals surface area contributed by atoms with Crippen LogP contribution in [0.2, 0.25) is 5.02 Å². The summed E-state index contributed by atoms with van der Waals surface area (Å²) in [6, 6.07) is 15.2. The number of benzene rings is 2. The van der Waals surface area contributed by atoms with Crippen molar-refractivity contribution in [2.75, 3.05) is 10.6 Å². The predicted molar refractivity (Wildman–Crippen MR) is 97.7 cm³/mol. The Morgan fingerprint density at radius 1 is 0.913 bits per heavy atom. The molecule has 0 bridgehead atoms. The lowest BCUT2D eigenvalue weighted by molar-refractivity contribution is 0.249. The van der Waals surface area contributed by atoms with Crippen molar-refractivity contribution in [3.8, 4) is 0 Å². The molecule has 0 spiro atoms. The van der Waals surface area contributed by atoms with Crippen LogP contribution in [0.5, 0.6) is 0 Å². The number of rotatable bonds is 4. The van der Waals surface area contributed by atoms with Crippen molar-refractivity contribution < 1.29 is 4.79 Å². The second-order valence-electron chi connectivity index (χ2n) is 4.59. The van der Waals surface area contributed by atoms with E-state index >= 15 is 0 Å². The molecule has 0 aliphatic heterocycles. The van der Waals surface area contributed by atoms with E-state index in [-0.39, 0.29) is 0 Å². The van der Waals surface area contributed by atoms with E-state index in [0.29, 0.717) is 16.4 Å². The fourth-order valence-electron chi connectivity index (χ4n) is 1.73. The summed E-state index contributed by atoms with van der Waals surface area (Å²) in [5, 5.41) is 8.75. The Kier molecular flexibility index (Phi) is 6.25. The number of nitrogens with one attached hydrogen (secondary N) is 3. The molecule has 0 fully saturated rings. The highest BCUT2D eigenvalue weighted by molar-refractivity contribution is 6.68. The van der Waals surface area contributed by atoms with E-state index in [4.69, 9.17) is 46.4 Å². The summed E-state index contributed by atoms with van der Waals surface area (Å²) in [7, 11) is 0. The van der Waals surface area contributed by atoms with Crippen LogP contribution in [0.4, 0.5) is 16.2 Å². The van der Waals surface area contributed by atoms with Crippen LogP contribution in [-0.2, 0) is 0 Å². The van der Waals surface area contributed by atoms with Crippen LogP contribution in [0.15, 0.2) is 54.6 Å². The highest BCUT2D eigenvalue weighted by Crippen LogP contribution is 2.31. The molecule has 1 atom stereocenters. The van der Waals surface area contributed by atoms with Gasteiger partial charge in [-0.15, -0.1) is 0 Å². The number of hydrogen-bond donors (Lipinski definition) is 3. The molecule has 0 saturated heterocycles. The maximum Gasteiger partial charge on any atom is 0.320 e. The van der Waals surface area contributed by atoms with Crippen molar-refractivity contribution in [3.63, 3.8) is 0 Å². The second-order valence-corrected chi connectivity index (χ2v) is 7.40. The molecule has 0 radical (unpaired) electrons. The van der Waals surface area contributed by atoms with Crippen molar-refractivity contribution in [2.45, 2.75) is 9.96 Å². The molecule has 4 nitrogen and oxygen atoms in total. The van der Waals surface area contributed by atoms with Gasteiger partial charge in [0.25, 0.3) is 0 Å². The average molecular weight is 393 g/mol. The lowest BCUT2D eigenvalue weighted by atomic mass is 10.3. The Labute approximate surface area is 154 Å². The first-order chi connectivity index (χ1) is 10.8. The van der Waals surface area contributed by atoms with Gasteiger partial charge >= 0.3 is 6.03 Å². The highest BCUT2D eigenvalue weighted by Gasteiger charge is 2.34. The summed E-state index contributed by atoms with van der Waals surface area (Å²) in [6.07, 6.45) is -0.947. The van der Waals surface area contributed by atoms with Gasteiger partial charge in [0, 0.05) is 16.4 Å². The predicted octanol–water partition coefficient (Wildman–Crippen LogP) is 5.27. The zero-order valence-electron chi connectivity index (χ0n) is 11.7. The minimum Gasteiger partial charge on any atom is -0.362 e. The molecule has 1 unspecified atom stereocenters. The Morgan fingerprint density at radius 2 is 1.52 bits per heavy atom. The van der Waals surface area contributed by atoms with Gasteiger partial charge in [0.1, 0.15) is 6.17 Å². The maximum atomic E-state index is 12.1. The average Bonchev–Trinajstić information content (AvgIpc) is 2.49. The van der Waals surface area contributed by atoms with Crippen LogP contribution in [0.3, 0.4) is 0 Å². The van der Waals surface area contributed by atoms with E-state index in [1.807, 2.05) is 6.07 Å². The Hall–Kier alpha value is -1.33. The largest absolute Gasteiger partial charge is 0.362 e. The van der Waals surface area contributed by atoms with E-state index < -0.39 is 16.0 Å². The smallest absolute Gasteiger partial charge is 0.320 e. The molecule has 2 aromatic rings. The third-order valence-electron chi connectivity index (χ3n) is 2.79. The first kappa shape index (κ1) is 18.0. The van der Waals surface area contributed by atoms with Crippen molar-refractivity contribution in [3.05, 3.63) is 59.6 Å². The van der Waals surface area contributed by atoms with Crippen LogP contribution >= 0.6 is 46.4 Å². The third kappa shape index (κ3) is 5.99. The number of alkyl halides is 3. The van der Waals surface area contributed by atoms with Crippen molar-refractivity contribution in [1.29, 1.82) is 0 Å². The van der Waals surface area contributed by atoms with Crippen molar-refractivity contribution in [2.24, 2.45) is 0 Å². The molecule has 23 heavy (non-hydrogen) atoms. The fourth-order valence-corrected chi connectivity index (χ4v) is 2.19. The van der Waals surface area contributed by atoms with Crippen LogP contribution < -0.4 is 16.0 Å². The molecule has 0 heterocycles. The normalized spacial score (nSPS) is 12.3. The molecule has 0 aromatic heterocycles. The van der Waals surface area contributed by atoms with Crippen LogP contribution in [-0.4, -0.2) is 16.0 Å². The van der Waals surface area contributed by atoms with Crippen LogP contribution in [0.25, 0.3) is 0 Å². The lowest BCUT2D eigenvalue weighted by Crippen LogP contribution is -2.50. The molecule has 0 aliphatic carbocycles. The van der Waals surface area contributed by atoms with Crippen molar-refractivity contribution >= 4 is 63.8 Å². The first-order valence-electron chi connectivity index (χ1n) is 6.56. The van der Waals surface area contributed by atoms with Crippen LogP contribution in [0.1, 0.15) is 0 Å². The van der Waals surface area contributed by atoms with E-state index in [0.717, 1.165) is 0 Å². The molecule has 0 aliphatic rings. The number of halogens is 4. The van der Waals surface area contributed by atoms with Gasteiger partial charge in [-0.3, -0.25) is 0 Å². The fraction of sp³-hybridized carbons (Fsp3) is 0.133. The molecular formula is C15H13Cl4N3O. The van der Waals surface area contributed by atoms with Gasteiger partial charge in [0.15, 0.2) is 0 Å². The number of urea groups is 1. The van der Waals surface area contributed by atoms with Gasteiger partial charge in [-0.2, -0.15) is 0 Å². The molecule has 2 rings (SSSR count). The summed E-state index contributed by atoms with van der Waals surface area (Å²) in [5.41, 5.74) is 1.27. The Balaban J connectivity index is 2.04. The molecule has 2 amide bonds. The highest BCUT2D eigenvalue weighted by atomic mass is 35.6. The summed E-state index contributed by atoms with van der Waals surface area (Å²) in [4.78, 5) is 12.1. The number of carbonyl (C=O) groups is 1. The maximum absolute atomic E-state index is 12.1. The lowest BCUT2D eigenvalue weighted by Gasteiger charge is -2.27. The molecule has 2 aromatic carbocycles. The van der Waals surface area contributed by atoms with Gasteiger partial charge < -0.3 is 16.0 Å². The SMILES string of the molecule is O=C(Nc1ccccc1)NC(Nc1ccc(Cl)cc1)C(Cl)(Cl)Cl. The van der Waals surface area contributed by atoms with Gasteiger partial charge in [-0.1, -0.05) is 64.6 Å². The van der Waals surface area contributed by atoms with Gasteiger partial charge in [-0.05, 0) is 36.4 Å². The number of para-hydroxylation sites is 1. The van der Waals surface area contributed by atoms with Crippen molar-refractivity contribution in [1.82, 2.24) is 5.32 Å². The molecule has 0 saturated carbocycles. The monoisotopic (exact) mass is 391 g/mol. The first-order valence-corrected chi connectivity index (χ1v) is 8.07. The number of hydrogen-bond acceptors (Lipinski definition) is 2. The van der Waals surface area contributed by atoms with Gasteiger partial charge in [-0.25, -0.2) is 4.79 Å². The van der Waals surface area contributed by atoms with Gasteiger partial charge in [0.05, 0.1) is 0 Å². The zero-order valence-corrected chi connectivity index (χ0v) is 14.7. The molecule has 8 heteroatoms. The second kappa shape index (κ2) is 7.97. The van der Waals surface area contributed by atoms with Gasteiger partial charge in [0.2, 0.25) is 3.79 Å². The summed E-state index contributed by atoms with van der Waals surface area (Å²) < 4.78 is -1.76. The summed E-state index contributed by atoms with van der Waals surface area (Å²) >= 11 is 23.6. The standard InChI is InChI=1S/C15H13Cl4N3O/c16-10-6-8-12(9-7-10)20-13(15(17,18)19)22-14(23)21-11-4-2-1-3-5-11/h1-9,13,20H,(H2,21,22,23). The molecule has 122 valence electrons. The quantitative estimate of drug-likeness (QED) is 0.490. The Morgan fingerprint density at radius 3 is 2.09 bits per heavy atom. The molecular weight excluding hydrogens is 380 g/mol. The topological polar surface area (TPSA) is 53.2 Å². The number of anilines is 2. The number of carbonyl (C=O) groups excluding carboxylic acids is 1. The van der Waals surface area contributed by atoms with E-state index in [2.05, 4.69) is 16.0 Å². The number of amides is 2.